The molecule has 0 unspecified atom stereocenters. The fourth-order valence-electron chi connectivity index (χ4n) is 1.31. The summed E-state index contributed by atoms with van der Waals surface area (Å²) in [6, 6.07) is -0.223. The predicted octanol–water partition coefficient (Wildman–Crippen LogP) is 1.65. The van der Waals surface area contributed by atoms with Crippen molar-refractivity contribution in [2.24, 2.45) is 0 Å². The average Bonchev–Trinajstić information content (AvgIpc) is 2.84. The second kappa shape index (κ2) is 8.25. The Morgan fingerprint density at radius 3 is 2.79 bits per heavy atom. The van der Waals surface area contributed by atoms with Gasteiger partial charge in [0.05, 0.1) is 5.01 Å². The van der Waals surface area contributed by atoms with Gasteiger partial charge in [-0.2, -0.15) is 0 Å². The van der Waals surface area contributed by atoms with Gasteiger partial charge in [-0.15, -0.1) is 11.3 Å². The zero-order chi connectivity index (χ0) is 14.1. The second-order valence-electron chi connectivity index (χ2n) is 3.72. The molecule has 0 aliphatic rings. The number of carboxylic acid groups (broad SMARTS) is 1. The van der Waals surface area contributed by atoms with Crippen molar-refractivity contribution >= 4 is 23.3 Å². The number of rotatable bonds is 7. The summed E-state index contributed by atoms with van der Waals surface area (Å²) in [6.45, 7) is 2.96. The maximum absolute atomic E-state index is 11.4. The van der Waals surface area contributed by atoms with Crippen LogP contribution >= 0.6 is 11.3 Å². The number of thiazole rings is 1. The van der Waals surface area contributed by atoms with Crippen molar-refractivity contribution in [1.29, 1.82) is 0 Å². The van der Waals surface area contributed by atoms with Crippen LogP contribution in [0.5, 0.6) is 0 Å². The number of hydrogen-bond acceptors (Lipinski definition) is 4. The maximum atomic E-state index is 11.4. The number of aromatic carboxylic acids is 1. The van der Waals surface area contributed by atoms with Gasteiger partial charge in [0.25, 0.3) is 0 Å². The largest absolute Gasteiger partial charge is 0.476 e. The molecule has 1 rings (SSSR count). The van der Waals surface area contributed by atoms with Gasteiger partial charge < -0.3 is 15.7 Å². The van der Waals surface area contributed by atoms with E-state index in [1.165, 1.54) is 16.7 Å². The molecular formula is C12H17N3O3S. The van der Waals surface area contributed by atoms with Crippen LogP contribution in [-0.4, -0.2) is 35.2 Å². The molecule has 0 atom stereocenters. The highest BCUT2D eigenvalue weighted by Gasteiger charge is 2.08. The van der Waals surface area contributed by atoms with Crippen LogP contribution in [0.2, 0.25) is 0 Å². The van der Waals surface area contributed by atoms with Gasteiger partial charge in [-0.25, -0.2) is 14.6 Å². The van der Waals surface area contributed by atoms with Gasteiger partial charge >= 0.3 is 12.0 Å². The summed E-state index contributed by atoms with van der Waals surface area (Å²) in [4.78, 5) is 25.9. The van der Waals surface area contributed by atoms with Gasteiger partial charge in [0.1, 0.15) is 0 Å². The lowest BCUT2D eigenvalue weighted by atomic mass is 10.4. The number of nitrogens with zero attached hydrogens (tertiary/aromatic N) is 1. The number of amides is 2. The smallest absolute Gasteiger partial charge is 0.355 e. The Morgan fingerprint density at radius 1 is 1.42 bits per heavy atom. The fraction of sp³-hybridized carbons (Fsp3) is 0.417. The molecule has 0 spiro atoms. The van der Waals surface area contributed by atoms with Crippen molar-refractivity contribution in [3.63, 3.8) is 0 Å². The lowest BCUT2D eigenvalue weighted by Crippen LogP contribution is -2.36. The Morgan fingerprint density at radius 2 is 2.16 bits per heavy atom. The summed E-state index contributed by atoms with van der Waals surface area (Å²) in [5, 5.41) is 16.3. The molecule has 1 heterocycles. The van der Waals surface area contributed by atoms with Crippen LogP contribution in [0, 0.1) is 0 Å². The topological polar surface area (TPSA) is 91.3 Å². The third kappa shape index (κ3) is 6.01. The van der Waals surface area contributed by atoms with E-state index in [1.54, 1.807) is 0 Å². The van der Waals surface area contributed by atoms with E-state index in [0.717, 1.165) is 6.42 Å². The molecule has 7 heteroatoms. The van der Waals surface area contributed by atoms with Crippen LogP contribution in [0.4, 0.5) is 4.79 Å². The van der Waals surface area contributed by atoms with Crippen LogP contribution in [0.25, 0.3) is 0 Å². The standard InChI is InChI=1S/C12H17N3O3S/c1-2-3-4-6-13-12(18)14-7-5-10-15-9(8-19-10)11(16)17/h2-3,8H,4-7H2,1H3,(H,16,17)(H2,13,14,18)/b3-2+. The van der Waals surface area contributed by atoms with Gasteiger partial charge in [-0.05, 0) is 13.3 Å². The van der Waals surface area contributed by atoms with Gasteiger partial charge in [0, 0.05) is 24.9 Å². The van der Waals surface area contributed by atoms with Crippen molar-refractivity contribution in [3.05, 3.63) is 28.2 Å². The summed E-state index contributed by atoms with van der Waals surface area (Å²) in [6.07, 6.45) is 5.24. The molecule has 2 amide bonds. The Hall–Kier alpha value is -1.89. The highest BCUT2D eigenvalue weighted by Crippen LogP contribution is 2.09. The molecule has 19 heavy (non-hydrogen) atoms. The number of carbonyl (C=O) groups excluding carboxylic acids is 1. The van der Waals surface area contributed by atoms with Crippen molar-refractivity contribution in [3.8, 4) is 0 Å². The van der Waals surface area contributed by atoms with E-state index in [0.29, 0.717) is 24.5 Å². The highest BCUT2D eigenvalue weighted by molar-refractivity contribution is 7.09. The quantitative estimate of drug-likeness (QED) is 0.524. The first-order chi connectivity index (χ1) is 9.13. The molecule has 0 radical (unpaired) electrons. The van der Waals surface area contributed by atoms with E-state index in [1.807, 2.05) is 19.1 Å². The van der Waals surface area contributed by atoms with E-state index in [-0.39, 0.29) is 11.7 Å². The minimum absolute atomic E-state index is 0.0517. The summed E-state index contributed by atoms with van der Waals surface area (Å²) in [5.74, 6) is -1.03. The molecule has 0 aliphatic carbocycles. The van der Waals surface area contributed by atoms with Crippen LogP contribution in [0.1, 0.15) is 28.8 Å². The third-order valence-corrected chi connectivity index (χ3v) is 3.14. The lowest BCUT2D eigenvalue weighted by Gasteiger charge is -2.05. The third-order valence-electron chi connectivity index (χ3n) is 2.23. The van der Waals surface area contributed by atoms with Gasteiger partial charge in [0.2, 0.25) is 0 Å². The van der Waals surface area contributed by atoms with E-state index in [9.17, 15) is 9.59 Å². The normalized spacial score (nSPS) is 10.6. The molecule has 104 valence electrons. The molecule has 0 fully saturated rings. The highest BCUT2D eigenvalue weighted by atomic mass is 32.1. The number of carboxylic acids is 1. The van der Waals surface area contributed by atoms with Crippen molar-refractivity contribution in [1.82, 2.24) is 15.6 Å². The molecule has 3 N–H and O–H groups in total. The Balaban J connectivity index is 2.18. The molecule has 0 aromatic carbocycles. The molecule has 0 aliphatic heterocycles. The minimum atomic E-state index is -1.03. The number of aromatic nitrogens is 1. The maximum Gasteiger partial charge on any atom is 0.355 e. The number of urea groups is 1. The first-order valence-corrected chi connectivity index (χ1v) is 6.82. The zero-order valence-electron chi connectivity index (χ0n) is 10.7. The monoisotopic (exact) mass is 283 g/mol. The van der Waals surface area contributed by atoms with Crippen LogP contribution in [0.3, 0.4) is 0 Å². The van der Waals surface area contributed by atoms with Gasteiger partial charge in [-0.1, -0.05) is 12.2 Å². The fourth-order valence-corrected chi connectivity index (χ4v) is 2.08. The number of allylic oxidation sites excluding steroid dienone is 1. The SMILES string of the molecule is C/C=C/CCNC(=O)NCCc1nc(C(=O)O)cs1. The van der Waals surface area contributed by atoms with E-state index >= 15 is 0 Å². The molecular weight excluding hydrogens is 266 g/mol. The first kappa shape index (κ1) is 15.2. The van der Waals surface area contributed by atoms with Crippen molar-refractivity contribution in [2.45, 2.75) is 19.8 Å². The first-order valence-electron chi connectivity index (χ1n) is 5.94. The molecule has 0 saturated heterocycles. The summed E-state index contributed by atoms with van der Waals surface area (Å²) in [5.41, 5.74) is 0.0517. The Bertz CT molecular complexity index is 457. The summed E-state index contributed by atoms with van der Waals surface area (Å²) >= 11 is 1.28. The molecule has 0 saturated carbocycles. The Labute approximate surface area is 115 Å². The second-order valence-corrected chi connectivity index (χ2v) is 4.66. The summed E-state index contributed by atoms with van der Waals surface area (Å²) < 4.78 is 0. The molecule has 1 aromatic rings. The van der Waals surface area contributed by atoms with Crippen molar-refractivity contribution in [2.75, 3.05) is 13.1 Å². The Kier molecular flexibility index (Phi) is 6.59. The van der Waals surface area contributed by atoms with E-state index < -0.39 is 5.97 Å². The minimum Gasteiger partial charge on any atom is -0.476 e. The van der Waals surface area contributed by atoms with Crippen LogP contribution in [-0.2, 0) is 6.42 Å². The van der Waals surface area contributed by atoms with Gasteiger partial charge in [0.15, 0.2) is 5.69 Å². The van der Waals surface area contributed by atoms with Crippen LogP contribution < -0.4 is 10.6 Å². The van der Waals surface area contributed by atoms with Gasteiger partial charge in [-0.3, -0.25) is 0 Å². The zero-order valence-corrected chi connectivity index (χ0v) is 11.5. The lowest BCUT2D eigenvalue weighted by molar-refractivity contribution is 0.0691. The average molecular weight is 283 g/mol. The number of nitrogens with one attached hydrogen (secondary N) is 2. The van der Waals surface area contributed by atoms with Crippen molar-refractivity contribution < 1.29 is 14.7 Å². The predicted molar refractivity (Wildman–Crippen MR) is 73.6 cm³/mol. The molecule has 0 bridgehead atoms. The number of hydrogen-bond donors (Lipinski definition) is 3. The number of carbonyl (C=O) groups is 2. The molecule has 6 nitrogen and oxygen atoms in total. The van der Waals surface area contributed by atoms with E-state index in [2.05, 4.69) is 15.6 Å². The molecule has 1 aromatic heterocycles. The van der Waals surface area contributed by atoms with Crippen LogP contribution in [0.15, 0.2) is 17.5 Å². The van der Waals surface area contributed by atoms with E-state index in [4.69, 9.17) is 5.11 Å². The summed E-state index contributed by atoms with van der Waals surface area (Å²) in [7, 11) is 0.